The van der Waals surface area contributed by atoms with Crippen molar-refractivity contribution >= 4 is 0 Å². The van der Waals surface area contributed by atoms with E-state index in [9.17, 15) is 4.79 Å². The minimum absolute atomic E-state index is 0.0933. The maximum absolute atomic E-state index is 12.9. The van der Waals surface area contributed by atoms with E-state index in [0.717, 1.165) is 30.0 Å². The Hall–Kier alpha value is -2.90. The van der Waals surface area contributed by atoms with Gasteiger partial charge in [-0.05, 0) is 24.1 Å². The van der Waals surface area contributed by atoms with Crippen LogP contribution in [0.4, 0.5) is 0 Å². The SMILES string of the molecule is COc1cc(-n2ncn(C(C)c3ccccc3)c2=O)ccc1C1CNNC1. The van der Waals surface area contributed by atoms with Crippen LogP contribution in [0.3, 0.4) is 0 Å². The van der Waals surface area contributed by atoms with Gasteiger partial charge in [-0.1, -0.05) is 36.4 Å². The fraction of sp³-hybridized carbons (Fsp3) is 0.300. The predicted molar refractivity (Wildman–Crippen MR) is 103 cm³/mol. The molecule has 27 heavy (non-hydrogen) atoms. The van der Waals surface area contributed by atoms with Gasteiger partial charge < -0.3 is 4.74 Å². The summed E-state index contributed by atoms with van der Waals surface area (Å²) in [6.07, 6.45) is 1.59. The van der Waals surface area contributed by atoms with E-state index in [-0.39, 0.29) is 11.7 Å². The number of methoxy groups -OCH3 is 1. The summed E-state index contributed by atoms with van der Waals surface area (Å²) < 4.78 is 8.63. The molecule has 3 aromatic rings. The number of aromatic nitrogens is 3. The number of hydrogen-bond donors (Lipinski definition) is 2. The van der Waals surface area contributed by atoms with Crippen molar-refractivity contribution in [1.29, 1.82) is 0 Å². The topological polar surface area (TPSA) is 73.1 Å². The maximum Gasteiger partial charge on any atom is 0.351 e. The van der Waals surface area contributed by atoms with Crippen LogP contribution in [0.5, 0.6) is 5.75 Å². The van der Waals surface area contributed by atoms with Gasteiger partial charge in [0.25, 0.3) is 0 Å². The average Bonchev–Trinajstić information content (AvgIpc) is 3.37. The number of benzene rings is 2. The van der Waals surface area contributed by atoms with Crippen molar-refractivity contribution in [2.45, 2.75) is 18.9 Å². The van der Waals surface area contributed by atoms with Gasteiger partial charge in [0, 0.05) is 25.1 Å². The molecule has 1 aromatic heterocycles. The van der Waals surface area contributed by atoms with Gasteiger partial charge in [-0.2, -0.15) is 9.78 Å². The van der Waals surface area contributed by atoms with E-state index in [1.165, 1.54) is 4.68 Å². The molecular formula is C20H23N5O2. The third-order valence-electron chi connectivity index (χ3n) is 5.12. The minimum atomic E-state index is -0.176. The Morgan fingerprint density at radius 2 is 1.89 bits per heavy atom. The second kappa shape index (κ2) is 7.38. The van der Waals surface area contributed by atoms with Crippen LogP contribution in [-0.4, -0.2) is 34.5 Å². The first kappa shape index (κ1) is 17.5. The lowest BCUT2D eigenvalue weighted by molar-refractivity contribution is 0.406. The summed E-state index contributed by atoms with van der Waals surface area (Å²) >= 11 is 0. The normalized spacial score (nSPS) is 15.8. The molecule has 0 radical (unpaired) electrons. The van der Waals surface area contributed by atoms with E-state index in [1.54, 1.807) is 18.0 Å². The fourth-order valence-electron chi connectivity index (χ4n) is 3.50. The largest absolute Gasteiger partial charge is 0.496 e. The zero-order valence-corrected chi connectivity index (χ0v) is 15.4. The molecule has 1 aliphatic heterocycles. The molecule has 0 spiro atoms. The van der Waals surface area contributed by atoms with Crippen LogP contribution in [0.2, 0.25) is 0 Å². The molecule has 1 fully saturated rings. The number of nitrogens with zero attached hydrogens (tertiary/aromatic N) is 3. The molecule has 1 unspecified atom stereocenters. The molecule has 1 saturated heterocycles. The summed E-state index contributed by atoms with van der Waals surface area (Å²) in [7, 11) is 1.65. The van der Waals surface area contributed by atoms with E-state index in [1.807, 2.05) is 55.5 Å². The Balaban J connectivity index is 1.68. The summed E-state index contributed by atoms with van der Waals surface area (Å²) in [4.78, 5) is 12.9. The van der Waals surface area contributed by atoms with E-state index in [0.29, 0.717) is 11.6 Å². The van der Waals surface area contributed by atoms with Crippen molar-refractivity contribution in [3.05, 3.63) is 76.5 Å². The van der Waals surface area contributed by atoms with Gasteiger partial charge in [0.15, 0.2) is 0 Å². The molecule has 2 aromatic carbocycles. The van der Waals surface area contributed by atoms with Gasteiger partial charge in [-0.25, -0.2) is 4.79 Å². The third kappa shape index (κ3) is 3.27. The van der Waals surface area contributed by atoms with Crippen molar-refractivity contribution in [2.75, 3.05) is 20.2 Å². The maximum atomic E-state index is 12.9. The molecule has 1 aliphatic rings. The summed E-state index contributed by atoms with van der Waals surface area (Å²) in [6, 6.07) is 15.6. The fourth-order valence-corrected chi connectivity index (χ4v) is 3.50. The molecule has 0 bridgehead atoms. The van der Waals surface area contributed by atoms with E-state index in [4.69, 9.17) is 4.74 Å². The predicted octanol–water partition coefficient (Wildman–Crippen LogP) is 1.84. The van der Waals surface area contributed by atoms with Crippen molar-refractivity contribution in [1.82, 2.24) is 25.2 Å². The van der Waals surface area contributed by atoms with Gasteiger partial charge in [0.05, 0.1) is 18.8 Å². The second-order valence-electron chi connectivity index (χ2n) is 6.70. The zero-order chi connectivity index (χ0) is 18.8. The molecule has 2 heterocycles. The number of nitrogens with one attached hydrogen (secondary N) is 2. The summed E-state index contributed by atoms with van der Waals surface area (Å²) in [5.41, 5.74) is 8.96. The van der Waals surface area contributed by atoms with Crippen LogP contribution < -0.4 is 21.3 Å². The highest BCUT2D eigenvalue weighted by Crippen LogP contribution is 2.29. The standard InChI is InChI=1S/C20H23N5O2/c1-14(15-6-4-3-5-7-15)24-13-23-25(20(24)26)17-8-9-18(19(10-17)27-2)16-11-21-22-12-16/h3-10,13-14,16,21-22H,11-12H2,1-2H3. The van der Waals surface area contributed by atoms with Gasteiger partial charge in [0.1, 0.15) is 12.1 Å². The molecule has 7 heteroatoms. The van der Waals surface area contributed by atoms with Crippen LogP contribution in [0.25, 0.3) is 5.69 Å². The van der Waals surface area contributed by atoms with Crippen LogP contribution in [0.15, 0.2) is 59.7 Å². The lowest BCUT2D eigenvalue weighted by atomic mass is 9.99. The molecular weight excluding hydrogens is 342 g/mol. The lowest BCUT2D eigenvalue weighted by Crippen LogP contribution is -2.26. The number of hydrazine groups is 1. The highest BCUT2D eigenvalue weighted by Gasteiger charge is 2.21. The van der Waals surface area contributed by atoms with Gasteiger partial charge in [-0.15, -0.1) is 0 Å². The van der Waals surface area contributed by atoms with Crippen molar-refractivity contribution in [3.63, 3.8) is 0 Å². The van der Waals surface area contributed by atoms with E-state index >= 15 is 0 Å². The summed E-state index contributed by atoms with van der Waals surface area (Å²) in [5, 5.41) is 4.32. The van der Waals surface area contributed by atoms with E-state index in [2.05, 4.69) is 16.0 Å². The Morgan fingerprint density at radius 1 is 1.15 bits per heavy atom. The Labute approximate surface area is 157 Å². The molecule has 4 rings (SSSR count). The Kier molecular flexibility index (Phi) is 4.79. The Bertz CT molecular complexity index is 974. The monoisotopic (exact) mass is 365 g/mol. The first-order chi connectivity index (χ1) is 13.2. The van der Waals surface area contributed by atoms with Crippen LogP contribution >= 0.6 is 0 Å². The first-order valence-corrected chi connectivity index (χ1v) is 9.04. The Morgan fingerprint density at radius 3 is 2.59 bits per heavy atom. The first-order valence-electron chi connectivity index (χ1n) is 9.04. The zero-order valence-electron chi connectivity index (χ0n) is 15.4. The number of rotatable bonds is 5. The molecule has 0 saturated carbocycles. The quantitative estimate of drug-likeness (QED) is 0.722. The third-order valence-corrected chi connectivity index (χ3v) is 5.12. The molecule has 2 N–H and O–H groups in total. The van der Waals surface area contributed by atoms with Gasteiger partial charge >= 0.3 is 5.69 Å². The lowest BCUT2D eigenvalue weighted by Gasteiger charge is -2.14. The molecule has 0 amide bonds. The second-order valence-corrected chi connectivity index (χ2v) is 6.70. The minimum Gasteiger partial charge on any atom is -0.496 e. The van der Waals surface area contributed by atoms with Crippen LogP contribution in [0, 0.1) is 0 Å². The van der Waals surface area contributed by atoms with Crippen LogP contribution in [0.1, 0.15) is 30.0 Å². The van der Waals surface area contributed by atoms with Crippen molar-refractivity contribution in [3.8, 4) is 11.4 Å². The average molecular weight is 365 g/mol. The molecule has 7 nitrogen and oxygen atoms in total. The smallest absolute Gasteiger partial charge is 0.351 e. The highest BCUT2D eigenvalue weighted by molar-refractivity contribution is 5.46. The van der Waals surface area contributed by atoms with Crippen molar-refractivity contribution in [2.24, 2.45) is 0 Å². The highest BCUT2D eigenvalue weighted by atomic mass is 16.5. The van der Waals surface area contributed by atoms with E-state index < -0.39 is 0 Å². The molecule has 140 valence electrons. The number of hydrogen-bond acceptors (Lipinski definition) is 5. The van der Waals surface area contributed by atoms with Crippen molar-refractivity contribution < 1.29 is 4.74 Å². The van der Waals surface area contributed by atoms with Gasteiger partial charge in [0.2, 0.25) is 0 Å². The van der Waals surface area contributed by atoms with Gasteiger partial charge in [-0.3, -0.25) is 15.4 Å². The molecule has 1 atom stereocenters. The number of ether oxygens (including phenoxy) is 1. The van der Waals surface area contributed by atoms with Crippen LogP contribution in [-0.2, 0) is 0 Å². The summed E-state index contributed by atoms with van der Waals surface area (Å²) in [5.74, 6) is 1.10. The summed E-state index contributed by atoms with van der Waals surface area (Å²) in [6.45, 7) is 3.68. The molecule has 0 aliphatic carbocycles.